The summed E-state index contributed by atoms with van der Waals surface area (Å²) in [5.41, 5.74) is 0. The van der Waals surface area contributed by atoms with Crippen molar-refractivity contribution in [1.29, 1.82) is 0 Å². The fourth-order valence-electron chi connectivity index (χ4n) is 6.49. The van der Waals surface area contributed by atoms with Crippen molar-refractivity contribution < 1.29 is 28.6 Å². The predicted molar refractivity (Wildman–Crippen MR) is 202 cm³/mol. The lowest BCUT2D eigenvalue weighted by Gasteiger charge is -2.38. The molecule has 1 fully saturated rings. The largest absolute Gasteiger partial charge is 0.462 e. The van der Waals surface area contributed by atoms with E-state index in [0.29, 0.717) is 12.8 Å². The lowest BCUT2D eigenvalue weighted by molar-refractivity contribution is -0.161. The summed E-state index contributed by atoms with van der Waals surface area (Å²) in [6.07, 6.45) is 31.8. The number of likely N-dealkylation sites (N-methyl/N-ethyl adjacent to an activating group) is 1. The van der Waals surface area contributed by atoms with Crippen molar-refractivity contribution in [2.45, 2.75) is 213 Å². The minimum absolute atomic E-state index is 0.0714. The number of carbonyl (C=O) groups excluding carboxylic acids is 3. The maximum atomic E-state index is 12.6. The van der Waals surface area contributed by atoms with Gasteiger partial charge in [-0.3, -0.25) is 14.5 Å². The van der Waals surface area contributed by atoms with Crippen LogP contribution in [0.15, 0.2) is 0 Å². The van der Waals surface area contributed by atoms with Gasteiger partial charge in [-0.15, -0.1) is 0 Å². The Balaban J connectivity index is 2.21. The lowest BCUT2D eigenvalue weighted by Crippen LogP contribution is -2.59. The monoisotopic (exact) mass is 695 g/mol. The molecule has 1 rings (SSSR count). The quantitative estimate of drug-likeness (QED) is 0.0401. The molecule has 0 aromatic heterocycles. The molecule has 288 valence electrons. The molecular formula is C41H78N2O6. The Morgan fingerprint density at radius 3 is 1.31 bits per heavy atom. The Hall–Kier alpha value is -1.83. The van der Waals surface area contributed by atoms with E-state index < -0.39 is 12.2 Å². The highest BCUT2D eigenvalue weighted by Crippen LogP contribution is 2.15. The maximum Gasteiger partial charge on any atom is 0.407 e. The molecule has 1 aliphatic heterocycles. The molecule has 1 aliphatic rings. The SMILES string of the molecule is CCCCCCCCCCCCCCCC(=O)OCC(COC(=O)NC1CN(CC)C1)OC(=O)CCCCCCCCCCCCCCC. The van der Waals surface area contributed by atoms with Crippen LogP contribution in [-0.4, -0.2) is 67.9 Å². The number of likely N-dealkylation sites (tertiary alicyclic amines) is 1. The zero-order valence-corrected chi connectivity index (χ0v) is 32.4. The van der Waals surface area contributed by atoms with Crippen molar-refractivity contribution in [3.05, 3.63) is 0 Å². The van der Waals surface area contributed by atoms with E-state index in [1.807, 2.05) is 0 Å². The van der Waals surface area contributed by atoms with Gasteiger partial charge >= 0.3 is 18.0 Å². The lowest BCUT2D eigenvalue weighted by atomic mass is 10.0. The first kappa shape index (κ1) is 45.2. The van der Waals surface area contributed by atoms with Gasteiger partial charge in [0.05, 0.1) is 6.04 Å². The minimum atomic E-state index is -0.802. The number of nitrogens with one attached hydrogen (secondary N) is 1. The Labute approximate surface area is 301 Å². The van der Waals surface area contributed by atoms with Crippen LogP contribution in [0.4, 0.5) is 4.79 Å². The second-order valence-electron chi connectivity index (χ2n) is 14.6. The molecule has 1 amide bonds. The number of rotatable bonds is 35. The molecule has 0 aromatic rings. The van der Waals surface area contributed by atoms with Gasteiger partial charge in [0, 0.05) is 25.9 Å². The van der Waals surface area contributed by atoms with Crippen LogP contribution in [0, 0.1) is 0 Å². The van der Waals surface area contributed by atoms with Crippen molar-refractivity contribution in [2.24, 2.45) is 0 Å². The zero-order chi connectivity index (χ0) is 35.6. The van der Waals surface area contributed by atoms with E-state index >= 15 is 0 Å². The van der Waals surface area contributed by atoms with Gasteiger partial charge in [-0.05, 0) is 19.4 Å². The molecule has 0 bridgehead atoms. The van der Waals surface area contributed by atoms with Crippen LogP contribution in [0.2, 0.25) is 0 Å². The van der Waals surface area contributed by atoms with E-state index in [9.17, 15) is 14.4 Å². The summed E-state index contributed by atoms with van der Waals surface area (Å²) in [7, 11) is 0. The number of esters is 2. The number of unbranched alkanes of at least 4 members (excludes halogenated alkanes) is 24. The first-order valence-electron chi connectivity index (χ1n) is 21.0. The van der Waals surface area contributed by atoms with Gasteiger partial charge in [0.2, 0.25) is 0 Å². The van der Waals surface area contributed by atoms with E-state index in [0.717, 1.165) is 58.2 Å². The Kier molecular flexibility index (Phi) is 30.7. The number of hydrogen-bond acceptors (Lipinski definition) is 7. The third-order valence-electron chi connectivity index (χ3n) is 9.82. The number of carbonyl (C=O) groups is 3. The Morgan fingerprint density at radius 1 is 0.531 bits per heavy atom. The fraction of sp³-hybridized carbons (Fsp3) is 0.927. The Morgan fingerprint density at radius 2 is 0.898 bits per heavy atom. The molecule has 8 nitrogen and oxygen atoms in total. The topological polar surface area (TPSA) is 94.2 Å². The van der Waals surface area contributed by atoms with Crippen LogP contribution in [0.1, 0.15) is 201 Å². The third-order valence-corrected chi connectivity index (χ3v) is 9.82. The Bertz CT molecular complexity index is 788. The molecule has 0 aliphatic carbocycles. The van der Waals surface area contributed by atoms with E-state index in [-0.39, 0.29) is 31.2 Å². The van der Waals surface area contributed by atoms with Crippen LogP contribution in [0.5, 0.6) is 0 Å². The summed E-state index contributed by atoms with van der Waals surface area (Å²) in [5.74, 6) is -0.624. The molecule has 0 spiro atoms. The first-order valence-corrected chi connectivity index (χ1v) is 21.0. The van der Waals surface area contributed by atoms with Gasteiger partial charge in [0.15, 0.2) is 6.10 Å². The molecule has 1 saturated heterocycles. The van der Waals surface area contributed by atoms with Crippen LogP contribution < -0.4 is 5.32 Å². The van der Waals surface area contributed by atoms with Gasteiger partial charge in [0.25, 0.3) is 0 Å². The highest BCUT2D eigenvalue weighted by atomic mass is 16.6. The molecule has 8 heteroatoms. The van der Waals surface area contributed by atoms with Crippen LogP contribution in [0.25, 0.3) is 0 Å². The summed E-state index contributed by atoms with van der Waals surface area (Å²) in [4.78, 5) is 39.6. The number of ether oxygens (including phenoxy) is 3. The van der Waals surface area contributed by atoms with Crippen molar-refractivity contribution >= 4 is 18.0 Å². The van der Waals surface area contributed by atoms with Crippen LogP contribution >= 0.6 is 0 Å². The molecule has 1 heterocycles. The molecular weight excluding hydrogens is 616 g/mol. The highest BCUT2D eigenvalue weighted by molar-refractivity contribution is 5.70. The molecule has 1 unspecified atom stereocenters. The summed E-state index contributed by atoms with van der Waals surface area (Å²) in [6.45, 7) is 8.94. The first-order chi connectivity index (χ1) is 24.0. The number of hydrogen-bond donors (Lipinski definition) is 1. The predicted octanol–water partition coefficient (Wildman–Crippen LogP) is 10.8. The second-order valence-corrected chi connectivity index (χ2v) is 14.6. The van der Waals surface area contributed by atoms with Gasteiger partial charge in [-0.1, -0.05) is 175 Å². The van der Waals surface area contributed by atoms with Crippen molar-refractivity contribution in [1.82, 2.24) is 10.2 Å². The second kappa shape index (κ2) is 33.3. The van der Waals surface area contributed by atoms with Crippen molar-refractivity contribution in [2.75, 3.05) is 32.8 Å². The zero-order valence-electron chi connectivity index (χ0n) is 32.4. The van der Waals surface area contributed by atoms with Crippen molar-refractivity contribution in [3.63, 3.8) is 0 Å². The van der Waals surface area contributed by atoms with Crippen LogP contribution in [0.3, 0.4) is 0 Å². The minimum Gasteiger partial charge on any atom is -0.462 e. The summed E-state index contributed by atoms with van der Waals surface area (Å²) >= 11 is 0. The summed E-state index contributed by atoms with van der Waals surface area (Å²) in [5, 5.41) is 2.85. The normalized spacial score (nSPS) is 13.9. The number of amides is 1. The van der Waals surface area contributed by atoms with Gasteiger partial charge in [0.1, 0.15) is 13.2 Å². The molecule has 0 radical (unpaired) electrons. The van der Waals surface area contributed by atoms with Crippen LogP contribution in [-0.2, 0) is 23.8 Å². The highest BCUT2D eigenvalue weighted by Gasteiger charge is 2.27. The average Bonchev–Trinajstić information content (AvgIpc) is 3.07. The van der Waals surface area contributed by atoms with E-state index in [2.05, 4.69) is 31.0 Å². The number of alkyl carbamates (subject to hydrolysis) is 1. The third kappa shape index (κ3) is 28.5. The summed E-state index contributed by atoms with van der Waals surface area (Å²) in [6, 6.07) is 0.0714. The van der Waals surface area contributed by atoms with Gasteiger partial charge in [-0.25, -0.2) is 4.79 Å². The molecule has 1 atom stereocenters. The smallest absolute Gasteiger partial charge is 0.407 e. The number of nitrogens with zero attached hydrogens (tertiary/aromatic N) is 1. The fourth-order valence-corrected chi connectivity index (χ4v) is 6.49. The van der Waals surface area contributed by atoms with Gasteiger partial charge in [-0.2, -0.15) is 0 Å². The molecule has 0 aromatic carbocycles. The van der Waals surface area contributed by atoms with Crippen molar-refractivity contribution in [3.8, 4) is 0 Å². The maximum absolute atomic E-state index is 12.6. The molecule has 0 saturated carbocycles. The van der Waals surface area contributed by atoms with Gasteiger partial charge < -0.3 is 19.5 Å². The van der Waals surface area contributed by atoms with E-state index in [4.69, 9.17) is 14.2 Å². The molecule has 49 heavy (non-hydrogen) atoms. The summed E-state index contributed by atoms with van der Waals surface area (Å²) < 4.78 is 16.5. The molecule has 1 N–H and O–H groups in total. The average molecular weight is 695 g/mol. The standard InChI is InChI=1S/C41H78N2O6/c1-4-7-9-11-13-15-17-19-21-23-25-27-29-31-39(44)47-35-38(36-48-41(46)42-37-33-43(6-3)34-37)49-40(45)32-30-28-26-24-22-20-18-16-14-12-10-8-5-2/h37-38H,4-36H2,1-3H3,(H,42,46). The van der Waals surface area contributed by atoms with E-state index in [1.165, 1.54) is 128 Å². The van der Waals surface area contributed by atoms with E-state index in [1.54, 1.807) is 0 Å².